The first-order valence-electron chi connectivity index (χ1n) is 6.94. The number of hydrogen-bond donors (Lipinski definition) is 1. The van der Waals surface area contributed by atoms with Crippen molar-refractivity contribution in [3.8, 4) is 0 Å². The molecule has 0 radical (unpaired) electrons. The quantitative estimate of drug-likeness (QED) is 0.867. The number of aliphatic imine (C=N–C) groups is 1. The van der Waals surface area contributed by atoms with E-state index in [1.165, 1.54) is 6.07 Å². The van der Waals surface area contributed by atoms with E-state index in [1.807, 2.05) is 12.2 Å². The number of halogens is 2. The number of rotatable bonds is 2. The van der Waals surface area contributed by atoms with Gasteiger partial charge in [0.1, 0.15) is 5.82 Å². The van der Waals surface area contributed by atoms with Crippen molar-refractivity contribution < 1.29 is 4.39 Å². The minimum absolute atomic E-state index is 0.110. The molecule has 1 unspecified atom stereocenters. The molecule has 0 aromatic heterocycles. The van der Waals surface area contributed by atoms with Gasteiger partial charge in [0.25, 0.3) is 0 Å². The number of nitrogens with one attached hydrogen (secondary N) is 1. The Morgan fingerprint density at radius 2 is 2.05 bits per heavy atom. The fourth-order valence-corrected chi connectivity index (χ4v) is 2.94. The van der Waals surface area contributed by atoms with E-state index in [2.05, 4.69) is 24.2 Å². The van der Waals surface area contributed by atoms with Gasteiger partial charge >= 0.3 is 0 Å². The van der Waals surface area contributed by atoms with Crippen LogP contribution in [0.2, 0.25) is 0 Å². The lowest BCUT2D eigenvalue weighted by atomic mass is 9.89. The van der Waals surface area contributed by atoms with Crippen LogP contribution in [-0.2, 0) is 0 Å². The number of nitrogens with zero attached hydrogens (tertiary/aromatic N) is 1. The zero-order chi connectivity index (χ0) is 15.0. The molecule has 0 bridgehead atoms. The summed E-state index contributed by atoms with van der Waals surface area (Å²) in [5, 5.41) is 3.73. The largest absolute Gasteiger partial charge is 0.350 e. The topological polar surface area (TPSA) is 24.4 Å². The summed E-state index contributed by atoms with van der Waals surface area (Å²) < 4.78 is 14.0. The van der Waals surface area contributed by atoms with Crippen molar-refractivity contribution in [3.63, 3.8) is 0 Å². The zero-order valence-corrected chi connectivity index (χ0v) is 12.7. The van der Waals surface area contributed by atoms with Crippen molar-refractivity contribution in [1.82, 2.24) is 5.32 Å². The fourth-order valence-electron chi connectivity index (χ4n) is 2.66. The Morgan fingerprint density at radius 1 is 1.29 bits per heavy atom. The van der Waals surface area contributed by atoms with Crippen molar-refractivity contribution in [3.05, 3.63) is 64.1 Å². The Morgan fingerprint density at radius 3 is 2.76 bits per heavy atom. The summed E-state index contributed by atoms with van der Waals surface area (Å²) in [5.74, 6) is 0.0723. The molecule has 1 aliphatic heterocycles. The van der Waals surface area contributed by atoms with Gasteiger partial charge in [-0.05, 0) is 24.1 Å². The molecular weight excluding hydrogens is 287 g/mol. The molecule has 2 aliphatic rings. The molecule has 1 aromatic rings. The lowest BCUT2D eigenvalue weighted by Gasteiger charge is -2.27. The molecule has 3 rings (SSSR count). The first-order valence-corrected chi connectivity index (χ1v) is 7.32. The first kappa shape index (κ1) is 14.1. The Bertz CT molecular complexity index is 698. The van der Waals surface area contributed by atoms with E-state index in [9.17, 15) is 4.39 Å². The van der Waals surface area contributed by atoms with Gasteiger partial charge in [0.15, 0.2) is 0 Å². The highest BCUT2D eigenvalue weighted by Gasteiger charge is 2.26. The molecule has 4 heteroatoms. The number of benzene rings is 1. The van der Waals surface area contributed by atoms with Gasteiger partial charge in [0.05, 0.1) is 12.4 Å². The van der Waals surface area contributed by atoms with Crippen LogP contribution in [0, 0.1) is 11.7 Å². The molecule has 1 aromatic carbocycles. The maximum Gasteiger partial charge on any atom is 0.131 e. The smallest absolute Gasteiger partial charge is 0.131 e. The highest BCUT2D eigenvalue weighted by atomic mass is 35.5. The third-order valence-electron chi connectivity index (χ3n) is 3.69. The first-order chi connectivity index (χ1) is 10.1. The predicted molar refractivity (Wildman–Crippen MR) is 85.6 cm³/mol. The van der Waals surface area contributed by atoms with Crippen molar-refractivity contribution in [2.24, 2.45) is 10.9 Å². The van der Waals surface area contributed by atoms with Crippen LogP contribution in [0.1, 0.15) is 19.4 Å². The summed E-state index contributed by atoms with van der Waals surface area (Å²) >= 11 is 6.39. The fraction of sp³-hybridized carbons (Fsp3) is 0.235. The highest BCUT2D eigenvalue weighted by molar-refractivity contribution is 6.37. The van der Waals surface area contributed by atoms with Crippen LogP contribution in [0.4, 0.5) is 4.39 Å². The van der Waals surface area contributed by atoms with Gasteiger partial charge < -0.3 is 5.32 Å². The van der Waals surface area contributed by atoms with E-state index in [-0.39, 0.29) is 11.9 Å². The molecule has 1 heterocycles. The molecule has 0 spiro atoms. The molecule has 0 amide bonds. The second-order valence-corrected chi connectivity index (χ2v) is 5.85. The van der Waals surface area contributed by atoms with Gasteiger partial charge in [-0.1, -0.05) is 43.6 Å². The molecule has 21 heavy (non-hydrogen) atoms. The van der Waals surface area contributed by atoms with Gasteiger partial charge in [-0.2, -0.15) is 0 Å². The second kappa shape index (κ2) is 5.49. The van der Waals surface area contributed by atoms with Crippen molar-refractivity contribution >= 4 is 23.5 Å². The number of hydrogen-bond acceptors (Lipinski definition) is 2. The predicted octanol–water partition coefficient (Wildman–Crippen LogP) is 4.26. The Labute approximate surface area is 128 Å². The van der Waals surface area contributed by atoms with Crippen LogP contribution in [-0.4, -0.2) is 12.4 Å². The van der Waals surface area contributed by atoms with Crippen LogP contribution in [0.25, 0.3) is 5.57 Å². The average Bonchev–Trinajstić information content (AvgIpc) is 2.46. The van der Waals surface area contributed by atoms with Crippen LogP contribution in [0.5, 0.6) is 0 Å². The van der Waals surface area contributed by atoms with Gasteiger partial charge in [0.2, 0.25) is 0 Å². The summed E-state index contributed by atoms with van der Waals surface area (Å²) in [6, 6.07) is 6.54. The Balaban J connectivity index is 2.09. The molecule has 108 valence electrons. The van der Waals surface area contributed by atoms with E-state index >= 15 is 0 Å². The molecule has 0 fully saturated rings. The van der Waals surface area contributed by atoms with Gasteiger partial charge in [-0.15, -0.1) is 0 Å². The highest BCUT2D eigenvalue weighted by Crippen LogP contribution is 2.37. The molecule has 0 saturated heterocycles. The van der Waals surface area contributed by atoms with Gasteiger partial charge in [0, 0.05) is 27.4 Å². The van der Waals surface area contributed by atoms with Crippen molar-refractivity contribution in [2.45, 2.75) is 19.9 Å². The van der Waals surface area contributed by atoms with Gasteiger partial charge in [-0.25, -0.2) is 4.39 Å². The SMILES string of the molecule is CC(C)C1=C2C=C(Cl)C(c3ccccc3F)=CC2N=CN1. The lowest BCUT2D eigenvalue weighted by Crippen LogP contribution is -2.28. The average molecular weight is 303 g/mol. The van der Waals surface area contributed by atoms with E-state index in [4.69, 9.17) is 11.6 Å². The summed E-state index contributed by atoms with van der Waals surface area (Å²) in [5.41, 5.74) is 3.37. The van der Waals surface area contributed by atoms with E-state index < -0.39 is 0 Å². The summed E-state index contributed by atoms with van der Waals surface area (Å²) in [6.07, 6.45) is 5.52. The molecule has 1 aliphatic carbocycles. The minimum atomic E-state index is -0.273. The Kier molecular flexibility index (Phi) is 3.68. The van der Waals surface area contributed by atoms with E-state index in [0.717, 1.165) is 11.3 Å². The second-order valence-electron chi connectivity index (χ2n) is 5.44. The van der Waals surface area contributed by atoms with Crippen LogP contribution < -0.4 is 5.32 Å². The molecule has 0 saturated carbocycles. The summed E-state index contributed by atoms with van der Waals surface area (Å²) in [6.45, 7) is 4.23. The standard InChI is InChI=1S/C17H16ClFN2/c1-10(2)17-13-7-14(18)12(8-16(13)20-9-21-17)11-5-3-4-6-15(11)19/h3-10,16H,1-2H3,(H,20,21). The normalized spacial score (nSPS) is 20.9. The zero-order valence-electron chi connectivity index (χ0n) is 11.9. The molecule has 1 atom stereocenters. The monoisotopic (exact) mass is 302 g/mol. The molecule has 2 nitrogen and oxygen atoms in total. The van der Waals surface area contributed by atoms with Gasteiger partial charge in [-0.3, -0.25) is 4.99 Å². The maximum atomic E-state index is 14.0. The van der Waals surface area contributed by atoms with E-state index in [0.29, 0.717) is 22.1 Å². The maximum absolute atomic E-state index is 14.0. The summed E-state index contributed by atoms with van der Waals surface area (Å²) in [7, 11) is 0. The lowest BCUT2D eigenvalue weighted by molar-refractivity contribution is 0.624. The van der Waals surface area contributed by atoms with E-state index in [1.54, 1.807) is 24.5 Å². The molecular formula is C17H16ClFN2. The molecule has 1 N–H and O–H groups in total. The minimum Gasteiger partial charge on any atom is -0.350 e. The van der Waals surface area contributed by atoms with Crippen LogP contribution in [0.3, 0.4) is 0 Å². The number of fused-ring (bicyclic) bond motifs is 1. The van der Waals surface area contributed by atoms with Crippen molar-refractivity contribution in [1.29, 1.82) is 0 Å². The third kappa shape index (κ3) is 2.54. The Hall–Kier alpha value is -1.87. The summed E-state index contributed by atoms with van der Waals surface area (Å²) in [4.78, 5) is 4.43. The van der Waals surface area contributed by atoms with Crippen LogP contribution in [0.15, 0.2) is 57.7 Å². The number of allylic oxidation sites excluding steroid dienone is 3. The third-order valence-corrected chi connectivity index (χ3v) is 4.00. The van der Waals surface area contributed by atoms with Crippen molar-refractivity contribution in [2.75, 3.05) is 0 Å². The van der Waals surface area contributed by atoms with Crippen LogP contribution >= 0.6 is 11.6 Å².